The lowest BCUT2D eigenvalue weighted by atomic mass is 10.2. The SMILES string of the molecule is N#Cc1ccc(S(=O)(=O)N2CCN(CC(=O)NC3CC3)CC2)cc1Cl. The maximum Gasteiger partial charge on any atom is 0.243 e. The van der Waals surface area contributed by atoms with Gasteiger partial charge < -0.3 is 5.32 Å². The minimum atomic E-state index is -3.66. The van der Waals surface area contributed by atoms with Gasteiger partial charge in [-0.1, -0.05) is 11.6 Å². The van der Waals surface area contributed by atoms with Gasteiger partial charge in [-0.3, -0.25) is 9.69 Å². The Morgan fingerprint density at radius 1 is 1.28 bits per heavy atom. The van der Waals surface area contributed by atoms with Crippen LogP contribution < -0.4 is 5.32 Å². The average Bonchev–Trinajstić information content (AvgIpc) is 3.39. The number of hydrogen-bond acceptors (Lipinski definition) is 5. The van der Waals surface area contributed by atoms with Crippen LogP contribution in [0.5, 0.6) is 0 Å². The molecule has 1 aliphatic heterocycles. The van der Waals surface area contributed by atoms with Crippen molar-refractivity contribution in [3.8, 4) is 6.07 Å². The fourth-order valence-electron chi connectivity index (χ4n) is 2.73. The molecule has 1 saturated carbocycles. The van der Waals surface area contributed by atoms with Gasteiger partial charge in [0.25, 0.3) is 0 Å². The van der Waals surface area contributed by atoms with E-state index in [4.69, 9.17) is 16.9 Å². The summed E-state index contributed by atoms with van der Waals surface area (Å²) in [6, 6.07) is 6.36. The number of nitriles is 1. The molecule has 2 fully saturated rings. The van der Waals surface area contributed by atoms with Gasteiger partial charge in [-0.15, -0.1) is 0 Å². The Hall–Kier alpha value is -1.66. The highest BCUT2D eigenvalue weighted by atomic mass is 35.5. The highest BCUT2D eigenvalue weighted by Gasteiger charge is 2.30. The summed E-state index contributed by atoms with van der Waals surface area (Å²) in [5.74, 6) is -0.00215. The first-order valence-electron chi connectivity index (χ1n) is 8.11. The van der Waals surface area contributed by atoms with Crippen molar-refractivity contribution in [2.45, 2.75) is 23.8 Å². The van der Waals surface area contributed by atoms with Crippen molar-refractivity contribution in [3.63, 3.8) is 0 Å². The molecular weight excluding hydrogens is 364 g/mol. The zero-order chi connectivity index (χ0) is 18.0. The van der Waals surface area contributed by atoms with Crippen LogP contribution in [0.4, 0.5) is 0 Å². The number of rotatable bonds is 5. The Kier molecular flexibility index (Phi) is 5.29. The van der Waals surface area contributed by atoms with Crippen LogP contribution in [0, 0.1) is 11.3 Å². The second-order valence-corrected chi connectivity index (χ2v) is 8.62. The standard InChI is InChI=1S/C16H19ClN4O3S/c17-15-9-14(4-1-12(15)10-18)25(23,24)21-7-5-20(6-8-21)11-16(22)19-13-2-3-13/h1,4,9,13H,2-3,5-8,11H2,(H,19,22). The highest BCUT2D eigenvalue weighted by molar-refractivity contribution is 7.89. The molecule has 3 rings (SSSR count). The molecule has 1 N–H and O–H groups in total. The summed E-state index contributed by atoms with van der Waals surface area (Å²) >= 11 is 5.94. The van der Waals surface area contributed by atoms with Gasteiger partial charge in [0, 0.05) is 32.2 Å². The van der Waals surface area contributed by atoms with Crippen LogP contribution in [0.2, 0.25) is 5.02 Å². The van der Waals surface area contributed by atoms with Crippen molar-refractivity contribution in [1.29, 1.82) is 5.26 Å². The number of nitrogens with one attached hydrogen (secondary N) is 1. The molecule has 2 aliphatic rings. The summed E-state index contributed by atoms with van der Waals surface area (Å²) in [6.45, 7) is 1.93. The minimum Gasteiger partial charge on any atom is -0.352 e. The van der Waals surface area contributed by atoms with E-state index in [1.54, 1.807) is 0 Å². The van der Waals surface area contributed by atoms with Gasteiger partial charge in [0.1, 0.15) is 6.07 Å². The van der Waals surface area contributed by atoms with E-state index in [0.29, 0.717) is 38.8 Å². The van der Waals surface area contributed by atoms with Crippen molar-refractivity contribution < 1.29 is 13.2 Å². The van der Waals surface area contributed by atoms with E-state index >= 15 is 0 Å². The third-order valence-corrected chi connectivity index (χ3v) is 6.55. The summed E-state index contributed by atoms with van der Waals surface area (Å²) in [7, 11) is -3.66. The topological polar surface area (TPSA) is 93.5 Å². The number of nitrogens with zero attached hydrogens (tertiary/aromatic N) is 3. The Morgan fingerprint density at radius 3 is 2.52 bits per heavy atom. The lowest BCUT2D eigenvalue weighted by molar-refractivity contribution is -0.122. The molecule has 9 heteroatoms. The summed E-state index contributed by atoms with van der Waals surface area (Å²) in [5, 5.41) is 11.9. The molecule has 1 heterocycles. The van der Waals surface area contributed by atoms with E-state index in [2.05, 4.69) is 5.32 Å². The van der Waals surface area contributed by atoms with Crippen molar-refractivity contribution in [3.05, 3.63) is 28.8 Å². The molecule has 1 saturated heterocycles. The molecule has 1 amide bonds. The Bertz CT molecular complexity index is 809. The normalized spacial score (nSPS) is 19.4. The third kappa shape index (κ3) is 4.30. The summed E-state index contributed by atoms with van der Waals surface area (Å²) < 4.78 is 26.8. The number of sulfonamides is 1. The molecule has 1 aromatic rings. The average molecular weight is 383 g/mol. The number of hydrogen-bond donors (Lipinski definition) is 1. The van der Waals surface area contributed by atoms with Gasteiger partial charge in [0.15, 0.2) is 0 Å². The number of amides is 1. The van der Waals surface area contributed by atoms with Gasteiger partial charge in [-0.2, -0.15) is 9.57 Å². The smallest absolute Gasteiger partial charge is 0.243 e. The van der Waals surface area contributed by atoms with Crippen molar-refractivity contribution >= 4 is 27.5 Å². The van der Waals surface area contributed by atoms with Crippen LogP contribution in [0.25, 0.3) is 0 Å². The van der Waals surface area contributed by atoms with E-state index in [1.807, 2.05) is 11.0 Å². The largest absolute Gasteiger partial charge is 0.352 e. The number of benzene rings is 1. The lowest BCUT2D eigenvalue weighted by Crippen LogP contribution is -2.51. The molecule has 1 aromatic carbocycles. The van der Waals surface area contributed by atoms with E-state index in [9.17, 15) is 13.2 Å². The van der Waals surface area contributed by atoms with Crippen LogP contribution in [0.3, 0.4) is 0 Å². The van der Waals surface area contributed by atoms with Crippen LogP contribution in [-0.2, 0) is 14.8 Å². The maximum atomic E-state index is 12.7. The molecule has 0 bridgehead atoms. The fraction of sp³-hybridized carbons (Fsp3) is 0.500. The summed E-state index contributed by atoms with van der Waals surface area (Å²) in [4.78, 5) is 13.9. The molecule has 0 radical (unpaired) electrons. The molecule has 0 unspecified atom stereocenters. The maximum absolute atomic E-state index is 12.7. The Labute approximate surface area is 152 Å². The van der Waals surface area contributed by atoms with Gasteiger partial charge in [-0.05, 0) is 31.0 Å². The van der Waals surface area contributed by atoms with Crippen LogP contribution in [0.1, 0.15) is 18.4 Å². The van der Waals surface area contributed by atoms with Crippen LogP contribution >= 0.6 is 11.6 Å². The van der Waals surface area contributed by atoms with Crippen LogP contribution in [0.15, 0.2) is 23.1 Å². The summed E-state index contributed by atoms with van der Waals surface area (Å²) in [5.41, 5.74) is 0.243. The Morgan fingerprint density at radius 2 is 1.96 bits per heavy atom. The van der Waals surface area contributed by atoms with Crippen LogP contribution in [-0.4, -0.2) is 62.3 Å². The second kappa shape index (κ2) is 7.30. The predicted octanol–water partition coefficient (Wildman–Crippen LogP) is 0.797. The van der Waals surface area contributed by atoms with Crippen molar-refractivity contribution in [1.82, 2.24) is 14.5 Å². The van der Waals surface area contributed by atoms with Crippen molar-refractivity contribution in [2.24, 2.45) is 0 Å². The van der Waals surface area contributed by atoms with Gasteiger partial charge in [0.05, 0.1) is 22.0 Å². The predicted molar refractivity (Wildman–Crippen MR) is 92.5 cm³/mol. The fourth-order valence-corrected chi connectivity index (χ4v) is 4.46. The van der Waals surface area contributed by atoms with E-state index in [-0.39, 0.29) is 21.4 Å². The zero-order valence-corrected chi connectivity index (χ0v) is 15.2. The van der Waals surface area contributed by atoms with Gasteiger partial charge in [0.2, 0.25) is 15.9 Å². The lowest BCUT2D eigenvalue weighted by Gasteiger charge is -2.33. The molecule has 0 aromatic heterocycles. The summed E-state index contributed by atoms with van der Waals surface area (Å²) in [6.07, 6.45) is 2.09. The first kappa shape index (κ1) is 18.1. The van der Waals surface area contributed by atoms with Gasteiger partial charge in [-0.25, -0.2) is 8.42 Å². The van der Waals surface area contributed by atoms with E-state index in [0.717, 1.165) is 12.8 Å². The molecule has 0 spiro atoms. The van der Waals surface area contributed by atoms with E-state index < -0.39 is 10.0 Å². The Balaban J connectivity index is 1.60. The minimum absolute atomic E-state index is 0.00215. The first-order chi connectivity index (χ1) is 11.9. The first-order valence-corrected chi connectivity index (χ1v) is 9.93. The number of carbonyl (C=O) groups excluding carboxylic acids is 1. The number of carbonyl (C=O) groups is 1. The van der Waals surface area contributed by atoms with E-state index in [1.165, 1.54) is 22.5 Å². The quantitative estimate of drug-likeness (QED) is 0.812. The number of piperazine rings is 1. The molecule has 25 heavy (non-hydrogen) atoms. The molecule has 1 aliphatic carbocycles. The number of halogens is 1. The highest BCUT2D eigenvalue weighted by Crippen LogP contribution is 2.24. The molecule has 7 nitrogen and oxygen atoms in total. The zero-order valence-electron chi connectivity index (χ0n) is 13.6. The molecule has 134 valence electrons. The van der Waals surface area contributed by atoms with Gasteiger partial charge >= 0.3 is 0 Å². The second-order valence-electron chi connectivity index (χ2n) is 6.28. The van der Waals surface area contributed by atoms with Crippen molar-refractivity contribution in [2.75, 3.05) is 32.7 Å². The monoisotopic (exact) mass is 382 g/mol. The molecule has 0 atom stereocenters. The third-order valence-electron chi connectivity index (χ3n) is 4.34. The molecular formula is C16H19ClN4O3S.